The molecule has 1 amide bonds. The fraction of sp³-hybridized carbons (Fsp3) is 0.522. The molecule has 2 aliphatic rings. The van der Waals surface area contributed by atoms with Crippen LogP contribution in [0.3, 0.4) is 0 Å². The summed E-state index contributed by atoms with van der Waals surface area (Å²) in [5.74, 6) is 1.04. The second-order valence-corrected chi connectivity index (χ2v) is 8.61. The Morgan fingerprint density at radius 2 is 1.84 bits per heavy atom. The van der Waals surface area contributed by atoms with Gasteiger partial charge >= 0.3 is 0 Å². The molecular formula is C23H30N6O2. The summed E-state index contributed by atoms with van der Waals surface area (Å²) in [4.78, 5) is 37.2. The smallest absolute Gasteiger partial charge is 0.225 e. The van der Waals surface area contributed by atoms with Crippen molar-refractivity contribution in [2.24, 2.45) is 17.0 Å². The average Bonchev–Trinajstić information content (AvgIpc) is 2.81. The highest BCUT2D eigenvalue weighted by atomic mass is 16.3. The highest BCUT2D eigenvalue weighted by Gasteiger charge is 2.34. The van der Waals surface area contributed by atoms with Gasteiger partial charge < -0.3 is 10.6 Å². The van der Waals surface area contributed by atoms with Gasteiger partial charge in [-0.25, -0.2) is 4.98 Å². The quantitative estimate of drug-likeness (QED) is 0.718. The third-order valence-corrected chi connectivity index (χ3v) is 6.59. The summed E-state index contributed by atoms with van der Waals surface area (Å²) < 4.78 is 0. The van der Waals surface area contributed by atoms with Crippen LogP contribution in [0.4, 0.5) is 5.82 Å². The van der Waals surface area contributed by atoms with Gasteiger partial charge in [0.05, 0.1) is 5.69 Å². The van der Waals surface area contributed by atoms with Crippen LogP contribution in [0.15, 0.2) is 47.9 Å². The number of nitrogen functional groups attached to an aromatic ring is 1. The maximum Gasteiger partial charge on any atom is 0.225 e. The Bertz CT molecular complexity index is 877. The number of rotatable bonds is 6. The maximum atomic E-state index is 13.1. The number of nitrogens with two attached hydrogens (primary N) is 1. The van der Waals surface area contributed by atoms with Crippen LogP contribution in [0.5, 0.6) is 0 Å². The predicted octanol–water partition coefficient (Wildman–Crippen LogP) is 3.02. The molecule has 0 aromatic carbocycles. The second kappa shape index (κ2) is 9.96. The monoisotopic (exact) mass is 422 g/mol. The van der Waals surface area contributed by atoms with Crippen molar-refractivity contribution in [3.05, 3.63) is 58.9 Å². The molecule has 0 saturated carbocycles. The third kappa shape index (κ3) is 5.25. The van der Waals surface area contributed by atoms with Gasteiger partial charge in [0, 0.05) is 37.9 Å². The van der Waals surface area contributed by atoms with Crippen LogP contribution in [0.2, 0.25) is 0 Å². The van der Waals surface area contributed by atoms with Crippen LogP contribution in [0.25, 0.3) is 0 Å². The second-order valence-electron chi connectivity index (χ2n) is 8.61. The lowest BCUT2D eigenvalue weighted by Crippen LogP contribution is -2.45. The van der Waals surface area contributed by atoms with Gasteiger partial charge in [-0.2, -0.15) is 4.91 Å². The summed E-state index contributed by atoms with van der Waals surface area (Å²) in [6.45, 7) is 4.04. The fourth-order valence-corrected chi connectivity index (χ4v) is 4.82. The largest absolute Gasteiger partial charge is 0.384 e. The molecule has 2 aromatic heterocycles. The molecule has 164 valence electrons. The first-order valence-electron chi connectivity index (χ1n) is 11.1. The zero-order valence-corrected chi connectivity index (χ0v) is 17.8. The van der Waals surface area contributed by atoms with Crippen molar-refractivity contribution in [1.29, 1.82) is 0 Å². The SMILES string of the molecule is Nc1cc(CN2CCC(C(=O)N3CCC(C(N=O)c4ccccn4)CC3)CC2)ccn1. The molecule has 2 fully saturated rings. The van der Waals surface area contributed by atoms with Crippen molar-refractivity contribution in [1.82, 2.24) is 19.8 Å². The molecule has 31 heavy (non-hydrogen) atoms. The molecule has 2 aliphatic heterocycles. The summed E-state index contributed by atoms with van der Waals surface area (Å²) in [7, 11) is 0. The zero-order valence-electron chi connectivity index (χ0n) is 17.8. The number of piperidine rings is 2. The van der Waals surface area contributed by atoms with E-state index in [4.69, 9.17) is 5.73 Å². The Labute approximate surface area is 182 Å². The van der Waals surface area contributed by atoms with E-state index in [1.54, 1.807) is 12.4 Å². The lowest BCUT2D eigenvalue weighted by Gasteiger charge is -2.38. The number of nitrogens with zero attached hydrogens (tertiary/aromatic N) is 5. The van der Waals surface area contributed by atoms with Crippen LogP contribution < -0.4 is 5.73 Å². The zero-order chi connectivity index (χ0) is 21.6. The molecule has 2 aromatic rings. The van der Waals surface area contributed by atoms with Crippen LogP contribution >= 0.6 is 0 Å². The van der Waals surface area contributed by atoms with Crippen molar-refractivity contribution in [3.8, 4) is 0 Å². The summed E-state index contributed by atoms with van der Waals surface area (Å²) in [6, 6.07) is 9.05. The number of carbonyl (C=O) groups excluding carboxylic acids is 1. The number of amides is 1. The molecule has 0 spiro atoms. The van der Waals surface area contributed by atoms with Gasteiger partial charge in [0.25, 0.3) is 0 Å². The number of hydrogen-bond acceptors (Lipinski definition) is 7. The lowest BCUT2D eigenvalue weighted by molar-refractivity contribution is -0.138. The molecule has 4 heterocycles. The molecule has 8 nitrogen and oxygen atoms in total. The van der Waals surface area contributed by atoms with Gasteiger partial charge in [0.2, 0.25) is 5.91 Å². The lowest BCUT2D eigenvalue weighted by atomic mass is 9.86. The molecule has 0 aliphatic carbocycles. The fourth-order valence-electron chi connectivity index (χ4n) is 4.82. The minimum Gasteiger partial charge on any atom is -0.384 e. The third-order valence-electron chi connectivity index (χ3n) is 6.59. The molecule has 4 rings (SSSR count). The molecule has 0 radical (unpaired) electrons. The van der Waals surface area contributed by atoms with E-state index in [2.05, 4.69) is 20.0 Å². The van der Waals surface area contributed by atoms with Gasteiger partial charge in [-0.15, -0.1) is 0 Å². The van der Waals surface area contributed by atoms with Crippen molar-refractivity contribution in [2.75, 3.05) is 31.9 Å². The van der Waals surface area contributed by atoms with Crippen molar-refractivity contribution < 1.29 is 4.79 Å². The van der Waals surface area contributed by atoms with E-state index in [0.29, 0.717) is 18.9 Å². The summed E-state index contributed by atoms with van der Waals surface area (Å²) in [5, 5.41) is 3.36. The van der Waals surface area contributed by atoms with E-state index in [1.807, 2.05) is 35.2 Å². The van der Waals surface area contributed by atoms with Crippen LogP contribution in [-0.4, -0.2) is 51.9 Å². The van der Waals surface area contributed by atoms with Crippen molar-refractivity contribution >= 4 is 11.7 Å². The average molecular weight is 423 g/mol. The van der Waals surface area contributed by atoms with Crippen molar-refractivity contribution in [3.63, 3.8) is 0 Å². The molecule has 2 saturated heterocycles. The summed E-state index contributed by atoms with van der Waals surface area (Å²) in [5.41, 5.74) is 7.66. The van der Waals surface area contributed by atoms with Gasteiger partial charge in [0.15, 0.2) is 0 Å². The van der Waals surface area contributed by atoms with Gasteiger partial charge in [0.1, 0.15) is 11.9 Å². The van der Waals surface area contributed by atoms with Crippen LogP contribution in [0, 0.1) is 16.7 Å². The number of carbonyl (C=O) groups is 1. The Balaban J connectivity index is 1.25. The van der Waals surface area contributed by atoms with Gasteiger partial charge in [-0.1, -0.05) is 11.2 Å². The van der Waals surface area contributed by atoms with E-state index < -0.39 is 6.04 Å². The standard InChI is InChI=1S/C23H30N6O2/c24-21-15-17(4-10-26-21)16-28-11-5-19(6-12-28)23(30)29-13-7-18(8-14-29)22(27-31)20-3-1-2-9-25-20/h1-4,9-10,15,18-19,22H,5-8,11-14,16H2,(H2,24,26). The summed E-state index contributed by atoms with van der Waals surface area (Å²) in [6.07, 6.45) is 6.78. The molecule has 1 unspecified atom stereocenters. The van der Waals surface area contributed by atoms with E-state index in [-0.39, 0.29) is 17.7 Å². The molecule has 0 bridgehead atoms. The first kappa shape index (κ1) is 21.4. The minimum absolute atomic E-state index is 0.0890. The number of likely N-dealkylation sites (tertiary alicyclic amines) is 2. The van der Waals surface area contributed by atoms with Crippen molar-refractivity contribution in [2.45, 2.75) is 38.3 Å². The molecule has 8 heteroatoms. The number of aromatic nitrogens is 2. The van der Waals surface area contributed by atoms with Crippen LogP contribution in [0.1, 0.15) is 43.0 Å². The molecule has 2 N–H and O–H groups in total. The first-order chi connectivity index (χ1) is 15.1. The highest BCUT2D eigenvalue weighted by molar-refractivity contribution is 5.79. The van der Waals surface area contributed by atoms with E-state index >= 15 is 0 Å². The Hall–Kier alpha value is -2.87. The Kier molecular flexibility index (Phi) is 6.86. The van der Waals surface area contributed by atoms with Crippen LogP contribution in [-0.2, 0) is 11.3 Å². The number of pyridine rings is 2. The Morgan fingerprint density at radius 1 is 1.06 bits per heavy atom. The van der Waals surface area contributed by atoms with E-state index in [1.165, 1.54) is 0 Å². The van der Waals surface area contributed by atoms with Gasteiger partial charge in [-0.05, 0) is 74.5 Å². The molecule has 1 atom stereocenters. The highest BCUT2D eigenvalue weighted by Crippen LogP contribution is 2.33. The first-order valence-corrected chi connectivity index (χ1v) is 11.1. The Morgan fingerprint density at radius 3 is 2.48 bits per heavy atom. The number of anilines is 1. The van der Waals surface area contributed by atoms with E-state index in [0.717, 1.165) is 56.6 Å². The number of nitroso groups, excluding NO2 is 1. The summed E-state index contributed by atoms with van der Waals surface area (Å²) >= 11 is 0. The van der Waals surface area contributed by atoms with Gasteiger partial charge in [-0.3, -0.25) is 14.7 Å². The maximum absolute atomic E-state index is 13.1. The number of hydrogen-bond donors (Lipinski definition) is 1. The molecular weight excluding hydrogens is 392 g/mol. The minimum atomic E-state index is -0.427. The normalized spacial score (nSPS) is 19.8. The van der Waals surface area contributed by atoms with E-state index in [9.17, 15) is 9.70 Å². The topological polar surface area (TPSA) is 105 Å². The predicted molar refractivity (Wildman–Crippen MR) is 119 cm³/mol.